The number of carboxylic acids is 1. The van der Waals surface area contributed by atoms with Crippen molar-refractivity contribution in [1.29, 1.82) is 0 Å². The van der Waals surface area contributed by atoms with Crippen LogP contribution in [0.4, 0.5) is 0 Å². The van der Waals surface area contributed by atoms with Crippen LogP contribution < -0.4 is 0 Å². The van der Waals surface area contributed by atoms with E-state index in [0.29, 0.717) is 17.4 Å². The molecule has 9 heteroatoms. The van der Waals surface area contributed by atoms with Gasteiger partial charge >= 0.3 is 17.9 Å². The Kier molecular flexibility index (Phi) is 71.5. The molecule has 99 heavy (non-hydrogen) atoms. The molecule has 0 aromatic rings. The van der Waals surface area contributed by atoms with Crippen molar-refractivity contribution in [3.8, 4) is 0 Å². The fraction of sp³-hybridized carbons (Fsp3) is 0.522. The number of likely N-dealkylation sites (N-methyl/N-ethyl adjacent to an activating group) is 1. The van der Waals surface area contributed by atoms with Crippen molar-refractivity contribution in [1.82, 2.24) is 0 Å². The Balaban J connectivity index is 4.26. The Morgan fingerprint density at radius 2 is 0.545 bits per heavy atom. The van der Waals surface area contributed by atoms with Gasteiger partial charge in [-0.25, -0.2) is 4.79 Å². The maximum Gasteiger partial charge on any atom is 0.361 e. The van der Waals surface area contributed by atoms with E-state index in [0.717, 1.165) is 186 Å². The number of hydrogen-bond donors (Lipinski definition) is 1. The first-order valence-corrected chi connectivity index (χ1v) is 38.2. The monoisotopic (exact) mass is 1360 g/mol. The summed E-state index contributed by atoms with van der Waals surface area (Å²) in [7, 11) is 5.95. The fourth-order valence-corrected chi connectivity index (χ4v) is 9.36. The second kappa shape index (κ2) is 76.8. The number of esters is 2. The lowest BCUT2D eigenvalue weighted by Gasteiger charge is -2.25. The van der Waals surface area contributed by atoms with E-state index in [2.05, 4.69) is 257 Å². The third kappa shape index (κ3) is 78.3. The topological polar surface area (TPSA) is 108 Å². The maximum absolute atomic E-state index is 13.0. The molecule has 2 atom stereocenters. The van der Waals surface area contributed by atoms with Gasteiger partial charge in [-0.05, 0) is 167 Å². The number of aliphatic carboxylic acids is 1. The zero-order valence-electron chi connectivity index (χ0n) is 62.8. The van der Waals surface area contributed by atoms with Crippen LogP contribution in [0.5, 0.6) is 0 Å². The molecule has 1 N–H and O–H groups in total. The molecule has 0 bridgehead atoms. The Bertz CT molecular complexity index is 2540. The van der Waals surface area contributed by atoms with E-state index in [1.807, 2.05) is 21.1 Å². The number of carboxylic acid groups (broad SMARTS) is 1. The van der Waals surface area contributed by atoms with Gasteiger partial charge in [0.05, 0.1) is 34.4 Å². The molecule has 9 nitrogen and oxygen atoms in total. The molecule has 0 aromatic carbocycles. The minimum atomic E-state index is -1.54. The lowest BCUT2D eigenvalue weighted by molar-refractivity contribution is -0.870. The summed E-state index contributed by atoms with van der Waals surface area (Å²) in [4.78, 5) is 37.7. The third-order valence-corrected chi connectivity index (χ3v) is 15.1. The van der Waals surface area contributed by atoms with Crippen LogP contribution in [0.1, 0.15) is 245 Å². The van der Waals surface area contributed by atoms with Crippen LogP contribution in [0.25, 0.3) is 0 Å². The zero-order chi connectivity index (χ0) is 71.8. The lowest BCUT2D eigenvalue weighted by atomic mass is 10.1. The van der Waals surface area contributed by atoms with E-state index in [1.165, 1.54) is 25.7 Å². The normalized spacial score (nSPS) is 14.1. The second-order valence-corrected chi connectivity index (χ2v) is 25.5. The Labute approximate surface area is 605 Å². The van der Waals surface area contributed by atoms with Crippen molar-refractivity contribution in [2.75, 3.05) is 47.5 Å². The molecular weight excluding hydrogens is 1220 g/mol. The standard InChI is InChI=1S/C90H137NO8/c1-6-8-10-12-14-16-18-20-22-24-26-28-30-32-34-36-38-40-41-42-43-44-45-46-47-49-51-53-55-57-59-61-63-65-67-69-71-73-75-77-79-81-88(93)99-86(85-98-90(89(94)95)96-83-82-91(3,4)5)84-97-87(92)80-78-76-74-72-70-68-66-64-62-60-58-56-54-52-50-48-39-37-35-33-31-29-27-25-23-21-19-17-15-13-11-9-7-2/h8-11,14-17,20-23,26-29,32-35,38-40,42-43,45-46,48-49,51-52,54-55,57-58,60-61,63,67,69,86,90H,6-7,12-13,18-19,24-25,30-31,36-37,41,44,47,50,53,56,59,62,64-66,68,70-85H2,1-5H3/p+1/b10-8-,11-9-,16-14-,17-15-,22-20-,23-21-,28-26-,29-27-,34-32-,35-33-,40-38-,43-42-,46-45-,48-39-,51-49-,54-52-,57-55-,60-58-,63-61-,69-67-. The van der Waals surface area contributed by atoms with E-state index in [9.17, 15) is 19.5 Å². The van der Waals surface area contributed by atoms with Crippen LogP contribution >= 0.6 is 0 Å². The van der Waals surface area contributed by atoms with Crippen LogP contribution in [-0.4, -0.2) is 87.4 Å². The van der Waals surface area contributed by atoms with Gasteiger partial charge in [-0.2, -0.15) is 0 Å². The van der Waals surface area contributed by atoms with Crippen LogP contribution in [0.3, 0.4) is 0 Å². The average Bonchev–Trinajstić information content (AvgIpc) is 2.62. The number of allylic oxidation sites excluding steroid dienone is 40. The van der Waals surface area contributed by atoms with Crippen LogP contribution in [0.2, 0.25) is 0 Å². The maximum atomic E-state index is 13.0. The summed E-state index contributed by atoms with van der Waals surface area (Å²) >= 11 is 0. The summed E-state index contributed by atoms with van der Waals surface area (Å²) in [5.41, 5.74) is 0. The first-order chi connectivity index (χ1) is 48.6. The number of carbonyl (C=O) groups excluding carboxylic acids is 2. The highest BCUT2D eigenvalue weighted by Crippen LogP contribution is 2.14. The third-order valence-electron chi connectivity index (χ3n) is 15.1. The summed E-state index contributed by atoms with van der Waals surface area (Å²) in [6.45, 7) is 4.57. The zero-order valence-corrected chi connectivity index (χ0v) is 62.8. The highest BCUT2D eigenvalue weighted by atomic mass is 16.7. The second-order valence-electron chi connectivity index (χ2n) is 25.5. The van der Waals surface area contributed by atoms with Crippen molar-refractivity contribution in [2.45, 2.75) is 257 Å². The van der Waals surface area contributed by atoms with Crippen LogP contribution in [-0.2, 0) is 33.3 Å². The van der Waals surface area contributed by atoms with Gasteiger partial charge in [0.25, 0.3) is 6.29 Å². The van der Waals surface area contributed by atoms with E-state index < -0.39 is 24.3 Å². The molecule has 0 heterocycles. The molecule has 0 saturated carbocycles. The number of nitrogens with zero attached hydrogens (tertiary/aromatic N) is 1. The molecule has 0 aliphatic carbocycles. The van der Waals surface area contributed by atoms with Crippen molar-refractivity contribution in [3.05, 3.63) is 243 Å². The van der Waals surface area contributed by atoms with Crippen molar-refractivity contribution in [3.63, 3.8) is 0 Å². The molecule has 0 aliphatic heterocycles. The Morgan fingerprint density at radius 1 is 0.303 bits per heavy atom. The molecule has 2 unspecified atom stereocenters. The molecule has 0 saturated heterocycles. The summed E-state index contributed by atoms with van der Waals surface area (Å²) in [5, 5.41) is 9.76. The number of rotatable bonds is 67. The minimum Gasteiger partial charge on any atom is -0.477 e. The number of hydrogen-bond acceptors (Lipinski definition) is 7. The van der Waals surface area contributed by atoms with Gasteiger partial charge in [-0.15, -0.1) is 0 Å². The molecule has 0 radical (unpaired) electrons. The van der Waals surface area contributed by atoms with Gasteiger partial charge in [-0.1, -0.05) is 308 Å². The molecule has 0 fully saturated rings. The van der Waals surface area contributed by atoms with Gasteiger partial charge in [0.2, 0.25) is 0 Å². The molecule has 0 amide bonds. The van der Waals surface area contributed by atoms with Gasteiger partial charge in [0, 0.05) is 12.8 Å². The van der Waals surface area contributed by atoms with Crippen LogP contribution in [0, 0.1) is 0 Å². The summed E-state index contributed by atoms with van der Waals surface area (Å²) in [6, 6.07) is 0. The molecule has 0 aliphatic rings. The molecule has 0 rings (SSSR count). The van der Waals surface area contributed by atoms with Gasteiger partial charge < -0.3 is 28.5 Å². The van der Waals surface area contributed by atoms with E-state index in [1.54, 1.807) is 0 Å². The first kappa shape index (κ1) is 92.1. The lowest BCUT2D eigenvalue weighted by Crippen LogP contribution is -2.40. The Morgan fingerprint density at radius 3 is 0.808 bits per heavy atom. The molecule has 550 valence electrons. The molecule has 0 aromatic heterocycles. The van der Waals surface area contributed by atoms with Crippen molar-refractivity contribution >= 4 is 17.9 Å². The van der Waals surface area contributed by atoms with Crippen LogP contribution in [0.15, 0.2) is 243 Å². The van der Waals surface area contributed by atoms with Gasteiger partial charge in [0.15, 0.2) is 6.10 Å². The van der Waals surface area contributed by atoms with E-state index >= 15 is 0 Å². The molecule has 0 spiro atoms. The Hall–Kier alpha value is -6.91. The number of quaternary nitrogens is 1. The quantitative estimate of drug-likeness (QED) is 0.0211. The largest absolute Gasteiger partial charge is 0.477 e. The highest BCUT2D eigenvalue weighted by molar-refractivity contribution is 5.71. The van der Waals surface area contributed by atoms with Gasteiger partial charge in [0.1, 0.15) is 13.2 Å². The van der Waals surface area contributed by atoms with Crippen molar-refractivity contribution in [2.24, 2.45) is 0 Å². The predicted octanol–water partition coefficient (Wildman–Crippen LogP) is 24.8. The summed E-state index contributed by atoms with van der Waals surface area (Å²) in [6.07, 6.45) is 121. The highest BCUT2D eigenvalue weighted by Gasteiger charge is 2.25. The SMILES string of the molecule is CC/C=C\C/C=C\C/C=C\C/C=C\C/C=C\C/C=C\C/C=C\C/C=C\C/C=C\C/C=C\C/C=C\C/C=C\CCCCCCC(=O)OC(COC(=O)CCCCCCCCCC/C=C\C/C=C\C/C=C\C/C=C\C/C=C\C/C=C\C/C=C\C/C=C\CC)COC(OCC[N+](C)(C)C)C(=O)O. The predicted molar refractivity (Wildman–Crippen MR) is 427 cm³/mol. The smallest absolute Gasteiger partial charge is 0.361 e. The first-order valence-electron chi connectivity index (χ1n) is 38.2. The van der Waals surface area contributed by atoms with E-state index in [4.69, 9.17) is 18.9 Å². The number of unbranched alkanes of at least 4 members (excludes halogenated alkanes) is 12. The van der Waals surface area contributed by atoms with E-state index in [-0.39, 0.29) is 38.6 Å². The number of carbonyl (C=O) groups is 3. The minimum absolute atomic E-state index is 0.167. The number of ether oxygens (including phenoxy) is 4. The summed E-state index contributed by atoms with van der Waals surface area (Å²) in [5.74, 6) is -2.08. The average molecular weight is 1360 g/mol. The summed E-state index contributed by atoms with van der Waals surface area (Å²) < 4.78 is 22.9. The molecular formula is C90H138NO8+. The fourth-order valence-electron chi connectivity index (χ4n) is 9.36. The van der Waals surface area contributed by atoms with Crippen molar-refractivity contribution < 1.29 is 42.9 Å². The van der Waals surface area contributed by atoms with Gasteiger partial charge in [-0.3, -0.25) is 9.59 Å².